The van der Waals surface area contributed by atoms with Gasteiger partial charge in [-0.15, -0.1) is 0 Å². The zero-order valence-electron chi connectivity index (χ0n) is 8.06. The summed E-state index contributed by atoms with van der Waals surface area (Å²) in [7, 11) is 1.88. The summed E-state index contributed by atoms with van der Waals surface area (Å²) in [5.74, 6) is 0.839. The molecule has 2 aromatic heterocycles. The van der Waals surface area contributed by atoms with E-state index >= 15 is 0 Å². The van der Waals surface area contributed by atoms with Crippen LogP contribution in [-0.4, -0.2) is 24.5 Å². The molecule has 0 saturated carbocycles. The second-order valence-electron chi connectivity index (χ2n) is 3.00. The van der Waals surface area contributed by atoms with Crippen molar-refractivity contribution < 1.29 is 0 Å². The first-order valence-corrected chi connectivity index (χ1v) is 4.77. The number of hydrogen-bond donors (Lipinski definition) is 1. The molecule has 0 atom stereocenters. The van der Waals surface area contributed by atoms with Gasteiger partial charge in [0.1, 0.15) is 0 Å². The van der Waals surface area contributed by atoms with Crippen LogP contribution in [0.15, 0.2) is 12.4 Å². The number of nitrogens with one attached hydrogen (secondary N) is 1. The van der Waals surface area contributed by atoms with Crippen LogP contribution >= 0.6 is 12.2 Å². The van der Waals surface area contributed by atoms with Crippen LogP contribution in [0.25, 0.3) is 11.4 Å². The van der Waals surface area contributed by atoms with Gasteiger partial charge >= 0.3 is 0 Å². The molecule has 0 bridgehead atoms. The van der Waals surface area contributed by atoms with E-state index in [2.05, 4.69) is 15.3 Å². The first kappa shape index (κ1) is 9.14. The van der Waals surface area contributed by atoms with Crippen LogP contribution in [0.5, 0.6) is 0 Å². The summed E-state index contributed by atoms with van der Waals surface area (Å²) in [6.07, 6.45) is 3.69. The second kappa shape index (κ2) is 3.38. The predicted molar refractivity (Wildman–Crippen MR) is 55.3 cm³/mol. The van der Waals surface area contributed by atoms with Crippen molar-refractivity contribution in [1.82, 2.24) is 24.5 Å². The predicted octanol–water partition coefficient (Wildman–Crippen LogP) is 1.36. The van der Waals surface area contributed by atoms with Crippen molar-refractivity contribution in [1.29, 1.82) is 0 Å². The van der Waals surface area contributed by atoms with E-state index in [4.69, 9.17) is 12.2 Å². The van der Waals surface area contributed by atoms with Gasteiger partial charge < -0.3 is 4.57 Å². The van der Waals surface area contributed by atoms with Crippen molar-refractivity contribution in [2.75, 3.05) is 0 Å². The van der Waals surface area contributed by atoms with E-state index < -0.39 is 0 Å². The minimum absolute atomic E-state index is 0.645. The molecule has 0 saturated heterocycles. The Morgan fingerprint density at radius 1 is 1.57 bits per heavy atom. The molecule has 2 aromatic rings. The molecule has 0 amide bonds. The third-order valence-electron chi connectivity index (χ3n) is 2.04. The first-order valence-electron chi connectivity index (χ1n) is 4.36. The maximum Gasteiger partial charge on any atom is 0.195 e. The standard InChI is InChI=1S/C8H11N5S/c1-3-13-7(10-11-8(13)14)6-4-9-12(2)5-6/h4-5H,3H2,1-2H3,(H,11,14). The number of aromatic amines is 1. The van der Waals surface area contributed by atoms with Gasteiger partial charge in [-0.25, -0.2) is 0 Å². The Balaban J connectivity index is 2.56. The summed E-state index contributed by atoms with van der Waals surface area (Å²) in [5, 5.41) is 11.0. The van der Waals surface area contributed by atoms with Crippen LogP contribution in [0, 0.1) is 4.77 Å². The lowest BCUT2D eigenvalue weighted by atomic mass is 10.3. The molecular formula is C8H11N5S. The SMILES string of the molecule is CCn1c(-c2cnn(C)c2)n[nH]c1=S. The molecule has 0 aromatic carbocycles. The monoisotopic (exact) mass is 209 g/mol. The van der Waals surface area contributed by atoms with E-state index in [1.54, 1.807) is 10.9 Å². The van der Waals surface area contributed by atoms with Gasteiger partial charge in [0.25, 0.3) is 0 Å². The normalized spacial score (nSPS) is 10.7. The van der Waals surface area contributed by atoms with E-state index in [1.807, 2.05) is 24.7 Å². The average molecular weight is 209 g/mol. The fourth-order valence-electron chi connectivity index (χ4n) is 1.37. The van der Waals surface area contributed by atoms with Crippen LogP contribution in [0.4, 0.5) is 0 Å². The van der Waals surface area contributed by atoms with Crippen LogP contribution in [0.3, 0.4) is 0 Å². The average Bonchev–Trinajstić information content (AvgIpc) is 2.71. The Hall–Kier alpha value is -1.43. The fraction of sp³-hybridized carbons (Fsp3) is 0.375. The molecule has 0 radical (unpaired) electrons. The van der Waals surface area contributed by atoms with Crippen molar-refractivity contribution >= 4 is 12.2 Å². The number of hydrogen-bond acceptors (Lipinski definition) is 3. The summed E-state index contributed by atoms with van der Waals surface area (Å²) >= 11 is 5.10. The van der Waals surface area contributed by atoms with Crippen molar-refractivity contribution in [2.45, 2.75) is 13.5 Å². The number of aromatic nitrogens is 5. The first-order chi connectivity index (χ1) is 6.72. The smallest absolute Gasteiger partial charge is 0.195 e. The number of rotatable bonds is 2. The Morgan fingerprint density at radius 2 is 2.36 bits per heavy atom. The van der Waals surface area contributed by atoms with Gasteiger partial charge in [0.15, 0.2) is 10.6 Å². The minimum Gasteiger partial charge on any atom is -0.300 e. The minimum atomic E-state index is 0.645. The van der Waals surface area contributed by atoms with Gasteiger partial charge in [-0.3, -0.25) is 9.78 Å². The largest absolute Gasteiger partial charge is 0.300 e. The molecule has 1 N–H and O–H groups in total. The van der Waals surface area contributed by atoms with Gasteiger partial charge in [-0.05, 0) is 19.1 Å². The van der Waals surface area contributed by atoms with Crippen LogP contribution in [0.2, 0.25) is 0 Å². The summed E-state index contributed by atoms with van der Waals surface area (Å²) in [5.41, 5.74) is 0.974. The Bertz CT molecular complexity index is 492. The van der Waals surface area contributed by atoms with Gasteiger partial charge in [0.05, 0.1) is 11.8 Å². The maximum atomic E-state index is 5.10. The summed E-state index contributed by atoms with van der Waals surface area (Å²) in [6.45, 7) is 2.84. The summed E-state index contributed by atoms with van der Waals surface area (Å²) in [6, 6.07) is 0. The lowest BCUT2D eigenvalue weighted by Gasteiger charge is -1.99. The van der Waals surface area contributed by atoms with Crippen molar-refractivity contribution in [3.63, 3.8) is 0 Å². The second-order valence-corrected chi connectivity index (χ2v) is 3.39. The van der Waals surface area contributed by atoms with Crippen molar-refractivity contribution in [2.24, 2.45) is 7.05 Å². The van der Waals surface area contributed by atoms with E-state index in [0.29, 0.717) is 4.77 Å². The van der Waals surface area contributed by atoms with Gasteiger partial charge in [-0.1, -0.05) is 0 Å². The highest BCUT2D eigenvalue weighted by atomic mass is 32.1. The lowest BCUT2D eigenvalue weighted by Crippen LogP contribution is -1.96. The Morgan fingerprint density at radius 3 is 2.93 bits per heavy atom. The fourth-order valence-corrected chi connectivity index (χ4v) is 1.63. The third-order valence-corrected chi connectivity index (χ3v) is 2.35. The van der Waals surface area contributed by atoms with E-state index in [1.165, 1.54) is 0 Å². The molecule has 0 aliphatic heterocycles. The zero-order valence-corrected chi connectivity index (χ0v) is 8.88. The van der Waals surface area contributed by atoms with Crippen LogP contribution < -0.4 is 0 Å². The molecular weight excluding hydrogens is 198 g/mol. The zero-order chi connectivity index (χ0) is 10.1. The maximum absolute atomic E-state index is 5.10. The highest BCUT2D eigenvalue weighted by molar-refractivity contribution is 7.71. The van der Waals surface area contributed by atoms with Crippen LogP contribution in [-0.2, 0) is 13.6 Å². The molecule has 14 heavy (non-hydrogen) atoms. The Labute approximate surface area is 86.4 Å². The third kappa shape index (κ3) is 1.37. The molecule has 0 aliphatic carbocycles. The molecule has 0 fully saturated rings. The molecule has 2 heterocycles. The molecule has 5 nitrogen and oxygen atoms in total. The molecule has 0 aliphatic rings. The molecule has 2 rings (SSSR count). The number of nitrogens with zero attached hydrogens (tertiary/aromatic N) is 4. The molecule has 0 unspecified atom stereocenters. The summed E-state index contributed by atoms with van der Waals surface area (Å²) in [4.78, 5) is 0. The lowest BCUT2D eigenvalue weighted by molar-refractivity contribution is 0.754. The quantitative estimate of drug-likeness (QED) is 0.760. The van der Waals surface area contributed by atoms with Crippen molar-refractivity contribution in [3.8, 4) is 11.4 Å². The number of H-pyrrole nitrogens is 1. The Kier molecular flexibility index (Phi) is 2.20. The highest BCUT2D eigenvalue weighted by Gasteiger charge is 2.08. The molecule has 6 heteroatoms. The topological polar surface area (TPSA) is 51.4 Å². The van der Waals surface area contributed by atoms with E-state index in [9.17, 15) is 0 Å². The summed E-state index contributed by atoms with van der Waals surface area (Å²) < 4.78 is 4.32. The molecule has 0 spiro atoms. The van der Waals surface area contributed by atoms with Crippen LogP contribution in [0.1, 0.15) is 6.92 Å². The van der Waals surface area contributed by atoms with E-state index in [0.717, 1.165) is 17.9 Å². The number of aryl methyl sites for hydroxylation is 1. The highest BCUT2D eigenvalue weighted by Crippen LogP contribution is 2.15. The van der Waals surface area contributed by atoms with Crippen molar-refractivity contribution in [3.05, 3.63) is 17.2 Å². The van der Waals surface area contributed by atoms with E-state index in [-0.39, 0.29) is 0 Å². The van der Waals surface area contributed by atoms with Gasteiger partial charge in [0, 0.05) is 19.8 Å². The van der Waals surface area contributed by atoms with Gasteiger partial charge in [0.2, 0.25) is 0 Å². The van der Waals surface area contributed by atoms with Gasteiger partial charge in [-0.2, -0.15) is 10.2 Å². The molecule has 74 valence electrons.